The number of rotatable bonds is 5. The number of hydrogen-bond acceptors (Lipinski definition) is 4. The molecule has 0 N–H and O–H groups in total. The molecular weight excluding hydrogens is 347 g/mol. The van der Waals surface area contributed by atoms with Crippen LogP contribution in [0, 0.1) is 0 Å². The van der Waals surface area contributed by atoms with Gasteiger partial charge in [0.2, 0.25) is 0 Å². The molecule has 0 heterocycles. The lowest BCUT2D eigenvalue weighted by Crippen LogP contribution is -2.15. The van der Waals surface area contributed by atoms with Crippen LogP contribution >= 0.6 is 33.9 Å². The van der Waals surface area contributed by atoms with Crippen molar-refractivity contribution in [2.24, 2.45) is 0 Å². The molecule has 0 aliphatic heterocycles. The summed E-state index contributed by atoms with van der Waals surface area (Å²) in [5.41, 5.74) is -0.0850. The maximum Gasteiger partial charge on any atom is 0.339 e. The van der Waals surface area contributed by atoms with E-state index in [4.69, 9.17) is 38.6 Å². The van der Waals surface area contributed by atoms with Gasteiger partial charge in [-0.25, -0.2) is 13.2 Å². The number of esters is 1. The summed E-state index contributed by atoms with van der Waals surface area (Å²) < 4.78 is 27.9. The summed E-state index contributed by atoms with van der Waals surface area (Å²) in [6, 6.07) is 2.17. The van der Waals surface area contributed by atoms with E-state index in [-0.39, 0.29) is 26.6 Å². The lowest BCUT2D eigenvalue weighted by molar-refractivity contribution is 0.0323. The van der Waals surface area contributed by atoms with Crippen LogP contribution in [0.25, 0.3) is 0 Å². The van der Waals surface area contributed by atoms with Gasteiger partial charge in [-0.05, 0) is 25.5 Å². The van der Waals surface area contributed by atoms with Crippen LogP contribution in [0.5, 0.6) is 0 Å². The van der Waals surface area contributed by atoms with E-state index in [1.165, 1.54) is 0 Å². The van der Waals surface area contributed by atoms with Crippen molar-refractivity contribution in [1.82, 2.24) is 0 Å². The summed E-state index contributed by atoms with van der Waals surface area (Å²) in [5, 5.41) is -0.143. The first-order valence-corrected chi connectivity index (χ1v) is 8.88. The van der Waals surface area contributed by atoms with Gasteiger partial charge in [-0.15, -0.1) is 0 Å². The molecule has 0 bridgehead atoms. The largest absolute Gasteiger partial charge is 0.459 e. The zero-order valence-corrected chi connectivity index (χ0v) is 13.9. The number of halogens is 3. The summed E-state index contributed by atoms with van der Waals surface area (Å²) in [6.45, 7) is 3.70. The average Bonchev–Trinajstić information content (AvgIpc) is 2.26. The Kier molecular flexibility index (Phi) is 6.13. The Morgan fingerprint density at radius 1 is 1.30 bits per heavy atom. The van der Waals surface area contributed by atoms with Gasteiger partial charge in [-0.3, -0.25) is 0 Å². The Hall–Kier alpha value is -0.490. The SMILES string of the molecule is CCCC(C)OC(=O)c1cc(S(=O)(=O)Cl)c(Cl)cc1Cl. The van der Waals surface area contributed by atoms with Crippen molar-refractivity contribution < 1.29 is 17.9 Å². The van der Waals surface area contributed by atoms with Crippen molar-refractivity contribution in [3.63, 3.8) is 0 Å². The first kappa shape index (κ1) is 17.6. The van der Waals surface area contributed by atoms with Gasteiger partial charge in [0.25, 0.3) is 9.05 Å². The van der Waals surface area contributed by atoms with E-state index in [2.05, 4.69) is 0 Å². The molecule has 8 heteroatoms. The molecular formula is C12H13Cl3O4S. The van der Waals surface area contributed by atoms with Crippen molar-refractivity contribution in [2.45, 2.75) is 37.7 Å². The van der Waals surface area contributed by atoms with Gasteiger partial charge in [0.1, 0.15) is 4.90 Å². The Balaban J connectivity index is 3.16. The average molecular weight is 360 g/mol. The lowest BCUT2D eigenvalue weighted by atomic mass is 10.2. The van der Waals surface area contributed by atoms with Gasteiger partial charge in [-0.1, -0.05) is 36.5 Å². The van der Waals surface area contributed by atoms with Crippen molar-refractivity contribution in [3.8, 4) is 0 Å². The molecule has 1 atom stereocenters. The molecule has 0 amide bonds. The highest BCUT2D eigenvalue weighted by molar-refractivity contribution is 8.13. The zero-order chi connectivity index (χ0) is 15.5. The van der Waals surface area contributed by atoms with Crippen LogP contribution in [0.15, 0.2) is 17.0 Å². The number of hydrogen-bond donors (Lipinski definition) is 0. The molecule has 1 aromatic carbocycles. The Morgan fingerprint density at radius 2 is 1.90 bits per heavy atom. The van der Waals surface area contributed by atoms with Crippen molar-refractivity contribution in [1.29, 1.82) is 0 Å². The van der Waals surface area contributed by atoms with Crippen LogP contribution in [0.1, 0.15) is 37.0 Å². The molecule has 4 nitrogen and oxygen atoms in total. The van der Waals surface area contributed by atoms with Crippen LogP contribution in [0.2, 0.25) is 10.0 Å². The monoisotopic (exact) mass is 358 g/mol. The van der Waals surface area contributed by atoms with Crippen LogP contribution in [0.3, 0.4) is 0 Å². The second-order valence-electron chi connectivity index (χ2n) is 4.20. The van der Waals surface area contributed by atoms with Crippen LogP contribution in [-0.2, 0) is 13.8 Å². The number of ether oxygens (including phenoxy) is 1. The van der Waals surface area contributed by atoms with E-state index in [9.17, 15) is 13.2 Å². The highest BCUT2D eigenvalue weighted by Gasteiger charge is 2.22. The van der Waals surface area contributed by atoms with Gasteiger partial charge < -0.3 is 4.74 Å². The smallest absolute Gasteiger partial charge is 0.339 e. The second-order valence-corrected chi connectivity index (χ2v) is 7.55. The number of carbonyl (C=O) groups excluding carboxylic acids is 1. The van der Waals surface area contributed by atoms with E-state index in [0.29, 0.717) is 6.42 Å². The van der Waals surface area contributed by atoms with Crippen LogP contribution in [0.4, 0.5) is 0 Å². The zero-order valence-electron chi connectivity index (χ0n) is 10.8. The molecule has 20 heavy (non-hydrogen) atoms. The summed E-state index contributed by atoms with van der Waals surface area (Å²) >= 11 is 11.6. The first-order chi connectivity index (χ1) is 9.16. The molecule has 0 fully saturated rings. The Labute approximate surface area is 132 Å². The molecule has 0 radical (unpaired) electrons. The molecule has 0 aliphatic rings. The Bertz CT molecular complexity index is 613. The second kappa shape index (κ2) is 6.98. The number of carbonyl (C=O) groups is 1. The van der Waals surface area contributed by atoms with E-state index < -0.39 is 15.0 Å². The van der Waals surface area contributed by atoms with Gasteiger partial charge in [-0.2, -0.15) is 0 Å². The van der Waals surface area contributed by atoms with E-state index >= 15 is 0 Å². The minimum absolute atomic E-state index is 0.00719. The molecule has 0 aliphatic carbocycles. The molecule has 0 aromatic heterocycles. The van der Waals surface area contributed by atoms with Gasteiger partial charge >= 0.3 is 5.97 Å². The number of benzene rings is 1. The van der Waals surface area contributed by atoms with Crippen molar-refractivity contribution >= 4 is 48.9 Å². The summed E-state index contributed by atoms with van der Waals surface area (Å²) in [5.74, 6) is -0.714. The van der Waals surface area contributed by atoms with Gasteiger partial charge in [0, 0.05) is 10.7 Å². The minimum Gasteiger partial charge on any atom is -0.459 e. The standard InChI is InChI=1S/C12H13Cl3O4S/c1-3-4-7(2)19-12(16)8-5-11(20(15,17)18)10(14)6-9(8)13/h5-7H,3-4H2,1-2H3. The highest BCUT2D eigenvalue weighted by Crippen LogP contribution is 2.31. The normalized spacial score (nSPS) is 13.1. The van der Waals surface area contributed by atoms with Gasteiger partial charge in [0.15, 0.2) is 0 Å². The summed E-state index contributed by atoms with van der Waals surface area (Å²) in [6.07, 6.45) is 1.25. The topological polar surface area (TPSA) is 60.4 Å². The minimum atomic E-state index is -4.07. The third kappa shape index (κ3) is 4.52. The quantitative estimate of drug-likeness (QED) is 0.582. The third-order valence-corrected chi connectivity index (χ3v) is 4.61. The fraction of sp³-hybridized carbons (Fsp3) is 0.417. The predicted molar refractivity (Wildman–Crippen MR) is 79.3 cm³/mol. The summed E-state index contributed by atoms with van der Waals surface area (Å²) in [7, 11) is 1.17. The van der Waals surface area contributed by atoms with E-state index in [1.54, 1.807) is 6.92 Å². The van der Waals surface area contributed by atoms with E-state index in [1.807, 2.05) is 6.92 Å². The van der Waals surface area contributed by atoms with Crippen LogP contribution < -0.4 is 0 Å². The summed E-state index contributed by atoms with van der Waals surface area (Å²) in [4.78, 5) is 11.6. The molecule has 0 spiro atoms. The van der Waals surface area contributed by atoms with Gasteiger partial charge in [0.05, 0.1) is 21.7 Å². The molecule has 1 aromatic rings. The van der Waals surface area contributed by atoms with Crippen LogP contribution in [-0.4, -0.2) is 20.5 Å². The maximum atomic E-state index is 12.0. The Morgan fingerprint density at radius 3 is 2.40 bits per heavy atom. The predicted octanol–water partition coefficient (Wildman–Crippen LogP) is 4.27. The fourth-order valence-corrected chi connectivity index (χ4v) is 3.40. The molecule has 112 valence electrons. The third-order valence-electron chi connectivity index (χ3n) is 2.51. The molecule has 1 rings (SSSR count). The molecule has 0 saturated carbocycles. The van der Waals surface area contributed by atoms with E-state index in [0.717, 1.165) is 18.6 Å². The molecule has 1 unspecified atom stereocenters. The maximum absolute atomic E-state index is 12.0. The lowest BCUT2D eigenvalue weighted by Gasteiger charge is -2.13. The first-order valence-electron chi connectivity index (χ1n) is 5.81. The fourth-order valence-electron chi connectivity index (χ4n) is 1.58. The van der Waals surface area contributed by atoms with Crippen molar-refractivity contribution in [3.05, 3.63) is 27.7 Å². The van der Waals surface area contributed by atoms with Crippen molar-refractivity contribution in [2.75, 3.05) is 0 Å². The highest BCUT2D eigenvalue weighted by atomic mass is 35.7. The molecule has 0 saturated heterocycles.